The molecule has 2 rings (SSSR count). The second-order valence-electron chi connectivity index (χ2n) is 2.54. The zero-order valence-corrected chi connectivity index (χ0v) is 7.89. The van der Waals surface area contributed by atoms with Crippen molar-refractivity contribution < 1.29 is 1.43 Å². The first kappa shape index (κ1) is 8.85. The van der Waals surface area contributed by atoms with Gasteiger partial charge < -0.3 is 4.98 Å². The lowest BCUT2D eigenvalue weighted by Gasteiger charge is -1.83. The number of para-hydroxylation sites is 1. The Labute approximate surface area is 74.9 Å². The van der Waals surface area contributed by atoms with Gasteiger partial charge in [-0.15, -0.1) is 0 Å². The number of fused-ring (bicyclic) bond motifs is 1. The topological polar surface area (TPSA) is 15.8 Å². The van der Waals surface area contributed by atoms with Crippen molar-refractivity contribution in [3.05, 3.63) is 36.0 Å². The van der Waals surface area contributed by atoms with Crippen molar-refractivity contribution in [3.63, 3.8) is 0 Å². The van der Waals surface area contributed by atoms with Crippen molar-refractivity contribution in [2.75, 3.05) is 0 Å². The molecule has 0 saturated carbocycles. The second kappa shape index (κ2) is 3.96. The summed E-state index contributed by atoms with van der Waals surface area (Å²) in [5.74, 6) is 0. The molecule has 2 aromatic rings. The Balaban J connectivity index is 0.000000451. The van der Waals surface area contributed by atoms with Crippen LogP contribution < -0.4 is 0 Å². The molecular formula is C11H17N. The molecule has 1 N–H and O–H groups in total. The van der Waals surface area contributed by atoms with E-state index >= 15 is 0 Å². The summed E-state index contributed by atoms with van der Waals surface area (Å²) in [6.07, 6.45) is 0. The largest absolute Gasteiger partial charge is 0.359 e. The molecule has 0 atom stereocenters. The van der Waals surface area contributed by atoms with Gasteiger partial charge in [0.15, 0.2) is 0 Å². The van der Waals surface area contributed by atoms with Gasteiger partial charge in [0, 0.05) is 12.6 Å². The van der Waals surface area contributed by atoms with Crippen LogP contribution in [0.1, 0.15) is 21.0 Å². The highest BCUT2D eigenvalue weighted by Crippen LogP contribution is 2.12. The van der Waals surface area contributed by atoms with E-state index in [1.54, 1.807) is 0 Å². The molecule has 1 aromatic heterocycles. The van der Waals surface area contributed by atoms with E-state index in [-0.39, 0.29) is 1.43 Å². The van der Waals surface area contributed by atoms with E-state index in [9.17, 15) is 0 Å². The lowest BCUT2D eigenvalue weighted by atomic mass is 10.2. The van der Waals surface area contributed by atoms with Gasteiger partial charge in [0.05, 0.1) is 0 Å². The van der Waals surface area contributed by atoms with Gasteiger partial charge in [-0.1, -0.05) is 32.0 Å². The Morgan fingerprint density at radius 3 is 2.50 bits per heavy atom. The number of hydrogen-bond acceptors (Lipinski definition) is 0. The molecule has 0 saturated heterocycles. The molecular weight excluding hydrogens is 146 g/mol. The van der Waals surface area contributed by atoms with Crippen molar-refractivity contribution in [2.45, 2.75) is 20.8 Å². The van der Waals surface area contributed by atoms with Crippen LogP contribution in [0.5, 0.6) is 0 Å². The van der Waals surface area contributed by atoms with E-state index in [0.717, 1.165) is 0 Å². The van der Waals surface area contributed by atoms with Crippen molar-refractivity contribution >= 4 is 10.9 Å². The van der Waals surface area contributed by atoms with E-state index in [0.29, 0.717) is 0 Å². The monoisotopic (exact) mass is 163 g/mol. The summed E-state index contributed by atoms with van der Waals surface area (Å²) in [5.41, 5.74) is 2.45. The van der Waals surface area contributed by atoms with E-state index in [1.165, 1.54) is 16.6 Å². The van der Waals surface area contributed by atoms with Crippen LogP contribution in [0, 0.1) is 6.92 Å². The van der Waals surface area contributed by atoms with Gasteiger partial charge in [-0.05, 0) is 24.4 Å². The highest BCUT2D eigenvalue weighted by atomic mass is 14.7. The molecule has 1 heteroatoms. The zero-order chi connectivity index (χ0) is 8.97. The Bertz CT molecular complexity index is 319. The van der Waals surface area contributed by atoms with Crippen LogP contribution in [0.3, 0.4) is 0 Å². The van der Waals surface area contributed by atoms with Crippen molar-refractivity contribution in [1.82, 2.24) is 4.98 Å². The lowest BCUT2D eigenvalue weighted by Crippen LogP contribution is -1.65. The van der Waals surface area contributed by atoms with Gasteiger partial charge in [-0.2, -0.15) is 0 Å². The van der Waals surface area contributed by atoms with Gasteiger partial charge in [-0.3, -0.25) is 0 Å². The summed E-state index contributed by atoms with van der Waals surface area (Å²) in [4.78, 5) is 3.26. The number of rotatable bonds is 0. The van der Waals surface area contributed by atoms with Crippen LogP contribution in [0.25, 0.3) is 10.9 Å². The Hall–Kier alpha value is -1.24. The summed E-state index contributed by atoms with van der Waals surface area (Å²) in [6.45, 7) is 6.07. The molecule has 0 aliphatic carbocycles. The molecule has 66 valence electrons. The summed E-state index contributed by atoms with van der Waals surface area (Å²) in [5, 5.41) is 1.29. The van der Waals surface area contributed by atoms with Gasteiger partial charge in [0.2, 0.25) is 0 Å². The van der Waals surface area contributed by atoms with E-state index in [4.69, 9.17) is 0 Å². The van der Waals surface area contributed by atoms with E-state index in [1.807, 2.05) is 19.9 Å². The predicted octanol–water partition coefficient (Wildman–Crippen LogP) is 3.75. The van der Waals surface area contributed by atoms with Gasteiger partial charge in [0.25, 0.3) is 0 Å². The number of benzene rings is 1. The number of nitrogens with one attached hydrogen (secondary N) is 1. The van der Waals surface area contributed by atoms with Crippen molar-refractivity contribution in [3.8, 4) is 0 Å². The third-order valence-electron chi connectivity index (χ3n) is 1.66. The van der Waals surface area contributed by atoms with E-state index in [2.05, 4.69) is 36.2 Å². The molecule has 0 spiro atoms. The van der Waals surface area contributed by atoms with Crippen molar-refractivity contribution in [1.29, 1.82) is 0 Å². The fourth-order valence-electron chi connectivity index (χ4n) is 1.22. The fraction of sp³-hybridized carbons (Fsp3) is 0.273. The Kier molecular flexibility index (Phi) is 2.92. The first-order valence-electron chi connectivity index (χ1n) is 4.40. The average Bonchev–Trinajstić information content (AvgIpc) is 2.48. The first-order valence-corrected chi connectivity index (χ1v) is 4.40. The quantitative estimate of drug-likeness (QED) is 0.608. The molecule has 0 fully saturated rings. The van der Waals surface area contributed by atoms with Crippen molar-refractivity contribution in [2.24, 2.45) is 0 Å². The molecule has 0 aliphatic heterocycles. The maximum absolute atomic E-state index is 3.26. The average molecular weight is 163 g/mol. The third kappa shape index (κ3) is 1.67. The molecule has 1 aromatic carbocycles. The number of aryl methyl sites for hydroxylation is 1. The summed E-state index contributed by atoms with van der Waals surface area (Å²) in [6, 6.07) is 10.4. The van der Waals surface area contributed by atoms with Gasteiger partial charge in [0.1, 0.15) is 0 Å². The molecule has 0 amide bonds. The fourth-order valence-corrected chi connectivity index (χ4v) is 1.22. The summed E-state index contributed by atoms with van der Waals surface area (Å²) < 4.78 is 0. The molecule has 0 radical (unpaired) electrons. The maximum Gasteiger partial charge on any atom is 0.0455 e. The highest BCUT2D eigenvalue weighted by molar-refractivity contribution is 5.79. The molecule has 12 heavy (non-hydrogen) atoms. The van der Waals surface area contributed by atoms with Gasteiger partial charge in [-0.25, -0.2) is 0 Å². The number of aromatic amines is 1. The number of aromatic nitrogens is 1. The van der Waals surface area contributed by atoms with Crippen LogP contribution in [0.2, 0.25) is 0 Å². The number of H-pyrrole nitrogens is 1. The summed E-state index contributed by atoms with van der Waals surface area (Å²) >= 11 is 0. The minimum atomic E-state index is 0. The molecule has 0 bridgehead atoms. The highest BCUT2D eigenvalue weighted by Gasteiger charge is 1.92. The molecule has 1 heterocycles. The first-order chi connectivity index (χ1) is 5.86. The molecule has 0 aliphatic rings. The van der Waals surface area contributed by atoms with Crippen LogP contribution >= 0.6 is 0 Å². The van der Waals surface area contributed by atoms with E-state index < -0.39 is 0 Å². The standard InChI is InChI=1S/C9H9N.C2H6.H2/c1-7-6-8-4-2-3-5-9(8)10-7;1-2;/h2-6,10H,1H3;1-2H3;1H. The SMILES string of the molecule is CC.Cc1cc2ccccc2[nH]1.[HH]. The molecule has 0 unspecified atom stereocenters. The molecule has 1 nitrogen and oxygen atoms in total. The second-order valence-corrected chi connectivity index (χ2v) is 2.54. The predicted molar refractivity (Wildman–Crippen MR) is 56.5 cm³/mol. The normalized spacial score (nSPS) is 9.25. The Morgan fingerprint density at radius 2 is 1.83 bits per heavy atom. The zero-order valence-electron chi connectivity index (χ0n) is 7.89. The van der Waals surface area contributed by atoms with Crippen LogP contribution in [0.15, 0.2) is 30.3 Å². The Morgan fingerprint density at radius 1 is 1.17 bits per heavy atom. The van der Waals surface area contributed by atoms with Crippen LogP contribution in [0.4, 0.5) is 0 Å². The lowest BCUT2D eigenvalue weighted by molar-refractivity contribution is 1.30. The maximum atomic E-state index is 3.26. The third-order valence-corrected chi connectivity index (χ3v) is 1.66. The minimum absolute atomic E-state index is 0. The number of hydrogen-bond donors (Lipinski definition) is 1. The summed E-state index contributed by atoms with van der Waals surface area (Å²) in [7, 11) is 0. The smallest absolute Gasteiger partial charge is 0.0455 e. The van der Waals surface area contributed by atoms with Crippen LogP contribution in [-0.2, 0) is 0 Å². The van der Waals surface area contributed by atoms with Crippen LogP contribution in [-0.4, -0.2) is 4.98 Å². The minimum Gasteiger partial charge on any atom is -0.359 e. The van der Waals surface area contributed by atoms with Gasteiger partial charge >= 0.3 is 0 Å².